The van der Waals surface area contributed by atoms with Gasteiger partial charge >= 0.3 is 0 Å². The molecule has 218 valence electrons. The molecule has 0 radical (unpaired) electrons. The van der Waals surface area contributed by atoms with Gasteiger partial charge in [0.25, 0.3) is 5.91 Å². The molecule has 0 spiro atoms. The first-order chi connectivity index (χ1) is 20.4. The average molecular weight is 588 g/mol. The number of ether oxygens (including phenoxy) is 3. The van der Waals surface area contributed by atoms with Crippen molar-refractivity contribution in [2.45, 2.75) is 18.4 Å². The molecular formula is C32H33N3O6S. The van der Waals surface area contributed by atoms with Crippen molar-refractivity contribution in [3.63, 3.8) is 0 Å². The average Bonchev–Trinajstić information content (AvgIpc) is 3.51. The van der Waals surface area contributed by atoms with Crippen LogP contribution in [-0.4, -0.2) is 69.8 Å². The number of morpholine rings is 1. The van der Waals surface area contributed by atoms with Gasteiger partial charge in [-0.1, -0.05) is 30.3 Å². The van der Waals surface area contributed by atoms with Crippen LogP contribution in [0.4, 0.5) is 5.69 Å². The first-order valence-electron chi connectivity index (χ1n) is 14.0. The number of benzene rings is 3. The van der Waals surface area contributed by atoms with Crippen molar-refractivity contribution >= 4 is 44.2 Å². The molecule has 1 fully saturated rings. The van der Waals surface area contributed by atoms with Gasteiger partial charge in [0.05, 0.1) is 37.5 Å². The van der Waals surface area contributed by atoms with E-state index in [2.05, 4.69) is 4.57 Å². The van der Waals surface area contributed by atoms with E-state index in [4.69, 9.17) is 14.2 Å². The zero-order valence-corrected chi connectivity index (χ0v) is 24.5. The van der Waals surface area contributed by atoms with Gasteiger partial charge in [-0.3, -0.25) is 4.79 Å². The van der Waals surface area contributed by atoms with Gasteiger partial charge < -0.3 is 23.7 Å². The number of hydrogen-bond donors (Lipinski definition) is 0. The maximum Gasteiger partial charge on any atom is 0.258 e. The number of methoxy groups -OCH3 is 1. The molecule has 3 aromatic carbocycles. The number of hydrogen-bond acceptors (Lipinski definition) is 6. The second-order valence-electron chi connectivity index (χ2n) is 10.1. The second-order valence-corrected chi connectivity index (χ2v) is 12.0. The van der Waals surface area contributed by atoms with E-state index in [-0.39, 0.29) is 10.8 Å². The van der Waals surface area contributed by atoms with Crippen molar-refractivity contribution in [3.05, 3.63) is 84.1 Å². The first kappa shape index (κ1) is 28.0. The quantitative estimate of drug-likeness (QED) is 0.265. The summed E-state index contributed by atoms with van der Waals surface area (Å²) in [6, 6.07) is 20.5. The van der Waals surface area contributed by atoms with Gasteiger partial charge in [0, 0.05) is 53.4 Å². The van der Waals surface area contributed by atoms with Crippen molar-refractivity contribution in [1.29, 1.82) is 0 Å². The number of amides is 1. The lowest BCUT2D eigenvalue weighted by Gasteiger charge is -2.26. The highest BCUT2D eigenvalue weighted by Gasteiger charge is 2.34. The maximum absolute atomic E-state index is 13.6. The van der Waals surface area contributed by atoms with Gasteiger partial charge in [-0.25, -0.2) is 8.42 Å². The molecule has 6 rings (SSSR count). The Morgan fingerprint density at radius 3 is 2.48 bits per heavy atom. The number of rotatable bonds is 9. The molecule has 1 amide bonds. The van der Waals surface area contributed by atoms with Crippen molar-refractivity contribution in [1.82, 2.24) is 8.87 Å². The van der Waals surface area contributed by atoms with Gasteiger partial charge in [-0.05, 0) is 49.4 Å². The van der Waals surface area contributed by atoms with Crippen LogP contribution in [0.2, 0.25) is 0 Å². The molecule has 1 aromatic heterocycles. The van der Waals surface area contributed by atoms with Gasteiger partial charge in [0.2, 0.25) is 10.0 Å². The number of anilines is 1. The van der Waals surface area contributed by atoms with E-state index in [0.717, 1.165) is 16.5 Å². The molecule has 42 heavy (non-hydrogen) atoms. The smallest absolute Gasteiger partial charge is 0.258 e. The molecule has 10 heteroatoms. The Bertz CT molecular complexity index is 1770. The molecule has 0 bridgehead atoms. The summed E-state index contributed by atoms with van der Waals surface area (Å²) in [5, 5.41) is 0.990. The molecule has 1 saturated heterocycles. The summed E-state index contributed by atoms with van der Waals surface area (Å²) in [5.41, 5.74) is 3.68. The van der Waals surface area contributed by atoms with Crippen molar-refractivity contribution in [2.75, 3.05) is 51.5 Å². The largest absolute Gasteiger partial charge is 0.493 e. The predicted octanol–water partition coefficient (Wildman–Crippen LogP) is 4.66. The lowest BCUT2D eigenvalue weighted by molar-refractivity contribution is -0.112. The van der Waals surface area contributed by atoms with E-state index in [1.807, 2.05) is 67.7 Å². The lowest BCUT2D eigenvalue weighted by Crippen LogP contribution is -2.40. The third kappa shape index (κ3) is 5.06. The minimum atomic E-state index is -3.72. The van der Waals surface area contributed by atoms with Crippen molar-refractivity contribution < 1.29 is 27.4 Å². The number of carbonyl (C=O) groups excluding carboxylic acids is 1. The summed E-state index contributed by atoms with van der Waals surface area (Å²) in [6.45, 7) is 4.73. The molecule has 2 aliphatic heterocycles. The van der Waals surface area contributed by atoms with E-state index >= 15 is 0 Å². The highest BCUT2D eigenvalue weighted by atomic mass is 32.2. The van der Waals surface area contributed by atoms with Crippen LogP contribution >= 0.6 is 0 Å². The van der Waals surface area contributed by atoms with E-state index in [1.165, 1.54) is 4.31 Å². The van der Waals surface area contributed by atoms with Crippen molar-refractivity contribution in [3.8, 4) is 11.5 Å². The van der Waals surface area contributed by atoms with Crippen molar-refractivity contribution in [2.24, 2.45) is 0 Å². The molecule has 0 atom stereocenters. The van der Waals surface area contributed by atoms with E-state index in [0.29, 0.717) is 74.3 Å². The number of likely N-dealkylation sites (N-methyl/N-ethyl adjacent to an activating group) is 1. The molecule has 2 aliphatic rings. The van der Waals surface area contributed by atoms with Crippen LogP contribution in [-0.2, 0) is 26.1 Å². The Morgan fingerprint density at radius 2 is 1.71 bits per heavy atom. The fraction of sp³-hybridized carbons (Fsp3) is 0.281. The van der Waals surface area contributed by atoms with Gasteiger partial charge in [-0.15, -0.1) is 0 Å². The normalized spacial score (nSPS) is 16.8. The summed E-state index contributed by atoms with van der Waals surface area (Å²) < 4.78 is 47.2. The van der Waals surface area contributed by atoms with E-state index in [1.54, 1.807) is 30.2 Å². The number of aromatic nitrogens is 1. The maximum atomic E-state index is 13.6. The zero-order chi connectivity index (χ0) is 29.3. The summed E-state index contributed by atoms with van der Waals surface area (Å²) in [7, 11) is -2.11. The van der Waals surface area contributed by atoms with Crippen LogP contribution in [0, 0.1) is 0 Å². The van der Waals surface area contributed by atoms with Gasteiger partial charge in [-0.2, -0.15) is 4.31 Å². The van der Waals surface area contributed by atoms with Crippen LogP contribution < -0.4 is 14.4 Å². The summed E-state index contributed by atoms with van der Waals surface area (Å²) in [4.78, 5) is 15.5. The third-order valence-electron chi connectivity index (χ3n) is 7.73. The van der Waals surface area contributed by atoms with Crippen LogP contribution in [0.5, 0.6) is 11.5 Å². The van der Waals surface area contributed by atoms with E-state index in [9.17, 15) is 13.2 Å². The molecular weight excluding hydrogens is 554 g/mol. The van der Waals surface area contributed by atoms with Crippen LogP contribution in [0.3, 0.4) is 0 Å². The molecule has 0 N–H and O–H groups in total. The Morgan fingerprint density at radius 1 is 0.976 bits per heavy atom. The Hall–Kier alpha value is -4.12. The minimum Gasteiger partial charge on any atom is -0.493 e. The highest BCUT2D eigenvalue weighted by molar-refractivity contribution is 7.89. The number of nitrogens with zero attached hydrogens (tertiary/aromatic N) is 3. The van der Waals surface area contributed by atoms with E-state index < -0.39 is 10.0 Å². The first-order valence-corrected chi connectivity index (χ1v) is 15.5. The molecule has 4 aromatic rings. The monoisotopic (exact) mass is 587 g/mol. The molecule has 0 unspecified atom stereocenters. The topological polar surface area (TPSA) is 90.3 Å². The lowest BCUT2D eigenvalue weighted by atomic mass is 10.0. The number of carbonyl (C=O) groups is 1. The summed E-state index contributed by atoms with van der Waals surface area (Å²) in [5.74, 6) is 1.20. The SMILES string of the molecule is CCN1C(=O)/C(=C\c2cn(CCOc3ccccc3OC)c3ccccc23)c2cc(S(=O)(=O)N3CCOCC3)ccc21. The fourth-order valence-electron chi connectivity index (χ4n) is 5.61. The van der Waals surface area contributed by atoms with Crippen LogP contribution in [0.25, 0.3) is 22.6 Å². The number of para-hydroxylation sites is 3. The molecule has 9 nitrogen and oxygen atoms in total. The minimum absolute atomic E-state index is 0.148. The number of sulfonamides is 1. The molecule has 0 saturated carbocycles. The Kier molecular flexibility index (Phi) is 7.76. The van der Waals surface area contributed by atoms with Crippen LogP contribution in [0.1, 0.15) is 18.1 Å². The molecule has 0 aliphatic carbocycles. The van der Waals surface area contributed by atoms with Gasteiger partial charge in [0.1, 0.15) is 6.61 Å². The third-order valence-corrected chi connectivity index (χ3v) is 9.62. The second kappa shape index (κ2) is 11.6. The van der Waals surface area contributed by atoms with Gasteiger partial charge in [0.15, 0.2) is 11.5 Å². The number of fused-ring (bicyclic) bond motifs is 2. The predicted molar refractivity (Wildman–Crippen MR) is 162 cm³/mol. The fourth-order valence-corrected chi connectivity index (χ4v) is 7.04. The van der Waals surface area contributed by atoms with Crippen LogP contribution in [0.15, 0.2) is 77.8 Å². The molecule has 3 heterocycles. The Balaban J connectivity index is 1.35. The Labute approximate surface area is 245 Å². The zero-order valence-electron chi connectivity index (χ0n) is 23.7. The standard InChI is InChI=1S/C32H33N3O6S/c1-3-35-29-13-12-24(42(37,38)34-15-17-40-18-16-34)21-26(29)27(32(35)36)20-23-22-33(28-9-5-4-8-25(23)28)14-19-41-31-11-7-6-10-30(31)39-2/h4-13,20-22H,3,14-19H2,1-2H3/b27-20-. The summed E-state index contributed by atoms with van der Waals surface area (Å²) >= 11 is 0. The summed E-state index contributed by atoms with van der Waals surface area (Å²) in [6.07, 6.45) is 3.89. The highest BCUT2D eigenvalue weighted by Crippen LogP contribution is 2.40.